The maximum Gasteiger partial charge on any atom is 0.323 e. The van der Waals surface area contributed by atoms with Crippen LogP contribution in [0.5, 0.6) is 0 Å². The van der Waals surface area contributed by atoms with Crippen LogP contribution in [0.25, 0.3) is 0 Å². The molecule has 3 N–H and O–H groups in total. The number of carbonyl (C=O) groups excluding carboxylic acids is 1. The largest absolute Gasteiger partial charge is 0.480 e. The van der Waals surface area contributed by atoms with E-state index in [-0.39, 0.29) is 6.54 Å². The summed E-state index contributed by atoms with van der Waals surface area (Å²) in [4.78, 5) is 21.1. The maximum atomic E-state index is 11.0. The molecule has 0 bridgehead atoms. The fourth-order valence-corrected chi connectivity index (χ4v) is 1.42. The van der Waals surface area contributed by atoms with Crippen molar-refractivity contribution in [1.82, 2.24) is 10.6 Å². The van der Waals surface area contributed by atoms with Gasteiger partial charge in [-0.15, -0.1) is 0 Å². The Bertz CT molecular complexity index is 226. The Balaban J connectivity index is 1.98. The Morgan fingerprint density at radius 3 is 2.80 bits per heavy atom. The molecule has 0 spiro atoms. The molecule has 15 heavy (non-hydrogen) atoms. The van der Waals surface area contributed by atoms with Crippen LogP contribution < -0.4 is 10.6 Å². The van der Waals surface area contributed by atoms with Crippen LogP contribution in [-0.4, -0.2) is 43.4 Å². The lowest BCUT2D eigenvalue weighted by molar-refractivity contribution is -0.135. The summed E-state index contributed by atoms with van der Waals surface area (Å²) in [5.41, 5.74) is 0. The van der Waals surface area contributed by atoms with Crippen LogP contribution in [-0.2, 0) is 9.53 Å². The average Bonchev–Trinajstić information content (AvgIpc) is 2.67. The highest BCUT2D eigenvalue weighted by Crippen LogP contribution is 2.14. The first kappa shape index (κ1) is 11.8. The van der Waals surface area contributed by atoms with Gasteiger partial charge in [0, 0.05) is 19.8 Å². The third-order valence-electron chi connectivity index (χ3n) is 2.26. The number of aliphatic carboxylic acids is 1. The van der Waals surface area contributed by atoms with E-state index in [4.69, 9.17) is 9.84 Å². The summed E-state index contributed by atoms with van der Waals surface area (Å²) >= 11 is 0. The molecule has 1 atom stereocenters. The Hall–Kier alpha value is -1.30. The van der Waals surface area contributed by atoms with Crippen molar-refractivity contribution in [3.05, 3.63) is 0 Å². The van der Waals surface area contributed by atoms with Gasteiger partial charge >= 0.3 is 12.0 Å². The van der Waals surface area contributed by atoms with Gasteiger partial charge < -0.3 is 20.5 Å². The minimum absolute atomic E-state index is 0.349. The van der Waals surface area contributed by atoms with E-state index >= 15 is 0 Å². The smallest absolute Gasteiger partial charge is 0.323 e. The highest BCUT2D eigenvalue weighted by molar-refractivity contribution is 5.79. The van der Waals surface area contributed by atoms with Gasteiger partial charge in [-0.25, -0.2) is 4.79 Å². The van der Waals surface area contributed by atoms with E-state index in [1.54, 1.807) is 0 Å². The second kappa shape index (κ2) is 6.23. The van der Waals surface area contributed by atoms with Crippen LogP contribution >= 0.6 is 0 Å². The molecule has 0 aromatic heterocycles. The summed E-state index contributed by atoms with van der Waals surface area (Å²) in [5, 5.41) is 13.1. The lowest BCUT2D eigenvalue weighted by Crippen LogP contribution is -2.39. The predicted octanol–water partition coefficient (Wildman–Crippen LogP) is -0.203. The zero-order chi connectivity index (χ0) is 11.1. The van der Waals surface area contributed by atoms with Gasteiger partial charge in [0.05, 0.1) is 0 Å². The first-order valence-corrected chi connectivity index (χ1v) is 4.99. The lowest BCUT2D eigenvalue weighted by Gasteiger charge is -2.08. The van der Waals surface area contributed by atoms with Crippen LogP contribution in [0, 0.1) is 5.92 Å². The Labute approximate surface area is 88.0 Å². The molecule has 1 saturated heterocycles. The molecule has 86 valence electrons. The molecule has 1 fully saturated rings. The van der Waals surface area contributed by atoms with E-state index in [2.05, 4.69) is 10.6 Å². The number of rotatable bonds is 5. The molecule has 1 aliphatic rings. The van der Waals surface area contributed by atoms with E-state index in [9.17, 15) is 9.59 Å². The van der Waals surface area contributed by atoms with Crippen molar-refractivity contribution in [2.45, 2.75) is 12.8 Å². The van der Waals surface area contributed by atoms with Gasteiger partial charge in [0.25, 0.3) is 0 Å². The number of hydrogen-bond donors (Lipinski definition) is 3. The normalized spacial score (nSPS) is 19.9. The first-order chi connectivity index (χ1) is 7.18. The van der Waals surface area contributed by atoms with Gasteiger partial charge in [-0.2, -0.15) is 0 Å². The number of urea groups is 1. The van der Waals surface area contributed by atoms with Gasteiger partial charge in [-0.3, -0.25) is 4.79 Å². The van der Waals surface area contributed by atoms with Gasteiger partial charge in [-0.05, 0) is 18.8 Å². The van der Waals surface area contributed by atoms with E-state index in [0.29, 0.717) is 12.5 Å². The molecule has 1 aliphatic heterocycles. The van der Waals surface area contributed by atoms with Crippen LogP contribution in [0.4, 0.5) is 4.79 Å². The van der Waals surface area contributed by atoms with Crippen molar-refractivity contribution in [3.8, 4) is 0 Å². The number of nitrogens with one attached hydrogen (secondary N) is 2. The number of carboxylic acid groups (broad SMARTS) is 1. The number of carbonyl (C=O) groups is 2. The Morgan fingerprint density at radius 1 is 1.40 bits per heavy atom. The molecule has 0 aromatic rings. The third kappa shape index (κ3) is 5.21. The lowest BCUT2D eigenvalue weighted by atomic mass is 10.1. The topological polar surface area (TPSA) is 87.7 Å². The minimum Gasteiger partial charge on any atom is -0.480 e. The third-order valence-corrected chi connectivity index (χ3v) is 2.26. The first-order valence-electron chi connectivity index (χ1n) is 4.99. The maximum absolute atomic E-state index is 11.0. The monoisotopic (exact) mass is 216 g/mol. The minimum atomic E-state index is -1.05. The summed E-state index contributed by atoms with van der Waals surface area (Å²) in [7, 11) is 0. The van der Waals surface area contributed by atoms with E-state index in [1.165, 1.54) is 0 Å². The quantitative estimate of drug-likeness (QED) is 0.593. The van der Waals surface area contributed by atoms with Gasteiger partial charge in [0.15, 0.2) is 0 Å². The molecule has 1 unspecified atom stereocenters. The van der Waals surface area contributed by atoms with Gasteiger partial charge in [-0.1, -0.05) is 0 Å². The molecule has 1 rings (SSSR count). The Morgan fingerprint density at radius 2 is 2.20 bits per heavy atom. The molecule has 1 heterocycles. The fraction of sp³-hybridized carbons (Fsp3) is 0.778. The molecule has 0 saturated carbocycles. The molecule has 0 aliphatic carbocycles. The van der Waals surface area contributed by atoms with E-state index in [1.807, 2.05) is 0 Å². The highest BCUT2D eigenvalue weighted by atomic mass is 16.5. The molecule has 0 radical (unpaired) electrons. The molecular weight excluding hydrogens is 200 g/mol. The molecular formula is C9H16N2O4. The second-order valence-corrected chi connectivity index (χ2v) is 3.52. The fourth-order valence-electron chi connectivity index (χ4n) is 1.42. The Kier molecular flexibility index (Phi) is 4.89. The number of ether oxygens (including phenoxy) is 1. The summed E-state index contributed by atoms with van der Waals surface area (Å²) in [6.45, 7) is 1.77. The summed E-state index contributed by atoms with van der Waals surface area (Å²) in [6.07, 6.45) is 1.92. The molecule has 0 aromatic carbocycles. The van der Waals surface area contributed by atoms with E-state index < -0.39 is 12.0 Å². The van der Waals surface area contributed by atoms with Gasteiger partial charge in [0.2, 0.25) is 0 Å². The highest BCUT2D eigenvalue weighted by Gasteiger charge is 2.15. The summed E-state index contributed by atoms with van der Waals surface area (Å²) in [6, 6.07) is -0.434. The summed E-state index contributed by atoms with van der Waals surface area (Å²) in [5.74, 6) is -0.529. The zero-order valence-corrected chi connectivity index (χ0v) is 8.49. The van der Waals surface area contributed by atoms with Crippen molar-refractivity contribution < 1.29 is 19.4 Å². The van der Waals surface area contributed by atoms with Crippen molar-refractivity contribution in [1.29, 1.82) is 0 Å². The number of carboxylic acids is 1. The molecule has 2 amide bonds. The van der Waals surface area contributed by atoms with Crippen LogP contribution in [0.15, 0.2) is 0 Å². The van der Waals surface area contributed by atoms with Crippen molar-refractivity contribution >= 4 is 12.0 Å². The second-order valence-electron chi connectivity index (χ2n) is 3.52. The summed E-state index contributed by atoms with van der Waals surface area (Å²) < 4.78 is 5.19. The van der Waals surface area contributed by atoms with E-state index in [0.717, 1.165) is 26.1 Å². The molecule has 6 heteroatoms. The SMILES string of the molecule is O=C(O)CNC(=O)NCCC1CCOC1. The predicted molar refractivity (Wildman–Crippen MR) is 52.6 cm³/mol. The van der Waals surface area contributed by atoms with Crippen molar-refractivity contribution in [2.24, 2.45) is 5.92 Å². The van der Waals surface area contributed by atoms with Crippen LogP contribution in [0.2, 0.25) is 0 Å². The van der Waals surface area contributed by atoms with Gasteiger partial charge in [0.1, 0.15) is 6.54 Å². The molecule has 6 nitrogen and oxygen atoms in total. The standard InChI is InChI=1S/C9H16N2O4/c12-8(13)5-11-9(14)10-3-1-7-2-4-15-6-7/h7H,1-6H2,(H,12,13)(H2,10,11,14). The number of amides is 2. The zero-order valence-electron chi connectivity index (χ0n) is 8.49. The van der Waals surface area contributed by atoms with Crippen LogP contribution in [0.1, 0.15) is 12.8 Å². The average molecular weight is 216 g/mol. The van der Waals surface area contributed by atoms with Crippen molar-refractivity contribution in [2.75, 3.05) is 26.3 Å². The van der Waals surface area contributed by atoms with Crippen LogP contribution in [0.3, 0.4) is 0 Å². The number of hydrogen-bond acceptors (Lipinski definition) is 3. The van der Waals surface area contributed by atoms with Crippen molar-refractivity contribution in [3.63, 3.8) is 0 Å².